The minimum atomic E-state index is -0.348. The SMILES string of the molecule is CC(C)[C@@H](CO)NC(=O)c1cc[nH]c(=O)c1. The lowest BCUT2D eigenvalue weighted by atomic mass is 10.1. The largest absolute Gasteiger partial charge is 0.394 e. The van der Waals surface area contributed by atoms with Gasteiger partial charge in [0, 0.05) is 17.8 Å². The van der Waals surface area contributed by atoms with Gasteiger partial charge in [-0.05, 0) is 12.0 Å². The third-order valence-corrected chi connectivity index (χ3v) is 2.36. The number of amides is 1. The summed E-state index contributed by atoms with van der Waals surface area (Å²) in [5.41, 5.74) is -0.0272. The van der Waals surface area contributed by atoms with Crippen molar-refractivity contribution in [3.63, 3.8) is 0 Å². The highest BCUT2D eigenvalue weighted by Gasteiger charge is 2.16. The molecule has 16 heavy (non-hydrogen) atoms. The summed E-state index contributed by atoms with van der Waals surface area (Å²) < 4.78 is 0. The summed E-state index contributed by atoms with van der Waals surface area (Å²) in [5, 5.41) is 11.7. The number of aromatic nitrogens is 1. The van der Waals surface area contributed by atoms with E-state index in [0.717, 1.165) is 0 Å². The summed E-state index contributed by atoms with van der Waals surface area (Å²) in [7, 11) is 0. The summed E-state index contributed by atoms with van der Waals surface area (Å²) >= 11 is 0. The molecule has 5 nitrogen and oxygen atoms in total. The Morgan fingerprint density at radius 3 is 2.75 bits per heavy atom. The zero-order valence-corrected chi connectivity index (χ0v) is 9.36. The van der Waals surface area contributed by atoms with Crippen LogP contribution < -0.4 is 10.9 Å². The number of pyridine rings is 1. The molecule has 0 saturated carbocycles. The Labute approximate surface area is 93.5 Å². The molecule has 1 atom stereocenters. The molecule has 1 amide bonds. The van der Waals surface area contributed by atoms with Crippen LogP contribution in [0, 0.1) is 5.92 Å². The molecule has 3 N–H and O–H groups in total. The van der Waals surface area contributed by atoms with Crippen LogP contribution in [-0.4, -0.2) is 28.6 Å². The van der Waals surface area contributed by atoms with E-state index in [1.54, 1.807) is 0 Å². The number of carbonyl (C=O) groups is 1. The number of H-pyrrole nitrogens is 1. The average molecular weight is 224 g/mol. The summed E-state index contributed by atoms with van der Waals surface area (Å²) in [6, 6.07) is 2.45. The Kier molecular flexibility index (Phi) is 4.25. The van der Waals surface area contributed by atoms with Gasteiger partial charge in [0.25, 0.3) is 5.91 Å². The van der Waals surface area contributed by atoms with E-state index in [0.29, 0.717) is 5.56 Å². The van der Waals surface area contributed by atoms with Crippen LogP contribution in [0.15, 0.2) is 23.1 Å². The highest BCUT2D eigenvalue weighted by molar-refractivity contribution is 5.94. The van der Waals surface area contributed by atoms with Crippen LogP contribution >= 0.6 is 0 Å². The van der Waals surface area contributed by atoms with Gasteiger partial charge in [-0.1, -0.05) is 13.8 Å². The van der Waals surface area contributed by atoms with Crippen molar-refractivity contribution in [3.8, 4) is 0 Å². The van der Waals surface area contributed by atoms with Gasteiger partial charge in [-0.2, -0.15) is 0 Å². The van der Waals surface area contributed by atoms with Crippen LogP contribution in [0.4, 0.5) is 0 Å². The zero-order chi connectivity index (χ0) is 12.1. The first kappa shape index (κ1) is 12.4. The summed E-state index contributed by atoms with van der Waals surface area (Å²) in [6.07, 6.45) is 1.42. The van der Waals surface area contributed by atoms with Gasteiger partial charge in [-0.25, -0.2) is 0 Å². The van der Waals surface area contributed by atoms with Crippen molar-refractivity contribution < 1.29 is 9.90 Å². The van der Waals surface area contributed by atoms with Crippen molar-refractivity contribution in [1.29, 1.82) is 0 Å². The molecule has 1 heterocycles. The van der Waals surface area contributed by atoms with Crippen molar-refractivity contribution >= 4 is 5.91 Å². The smallest absolute Gasteiger partial charge is 0.251 e. The van der Waals surface area contributed by atoms with Gasteiger partial charge < -0.3 is 15.4 Å². The van der Waals surface area contributed by atoms with E-state index in [2.05, 4.69) is 10.3 Å². The van der Waals surface area contributed by atoms with E-state index >= 15 is 0 Å². The maximum atomic E-state index is 11.7. The van der Waals surface area contributed by atoms with Crippen molar-refractivity contribution in [3.05, 3.63) is 34.2 Å². The summed E-state index contributed by atoms with van der Waals surface area (Å²) in [4.78, 5) is 25.1. The topological polar surface area (TPSA) is 82.2 Å². The summed E-state index contributed by atoms with van der Waals surface area (Å²) in [5.74, 6) is -0.213. The van der Waals surface area contributed by atoms with Crippen LogP contribution in [0.3, 0.4) is 0 Å². The first-order valence-electron chi connectivity index (χ1n) is 5.15. The molecular formula is C11H16N2O3. The first-order valence-corrected chi connectivity index (χ1v) is 5.15. The number of aromatic amines is 1. The molecule has 0 spiro atoms. The Morgan fingerprint density at radius 2 is 2.25 bits per heavy atom. The number of aliphatic hydroxyl groups excluding tert-OH is 1. The lowest BCUT2D eigenvalue weighted by molar-refractivity contribution is 0.0896. The van der Waals surface area contributed by atoms with E-state index in [1.807, 2.05) is 13.8 Å². The predicted octanol–water partition coefficient (Wildman–Crippen LogP) is 0.122. The van der Waals surface area contributed by atoms with Crippen molar-refractivity contribution in [2.45, 2.75) is 19.9 Å². The number of hydrogen-bond acceptors (Lipinski definition) is 3. The van der Waals surface area contributed by atoms with Gasteiger partial charge in [0.1, 0.15) is 0 Å². The number of carbonyl (C=O) groups excluding carboxylic acids is 1. The number of nitrogens with one attached hydrogen (secondary N) is 2. The predicted molar refractivity (Wildman–Crippen MR) is 60.2 cm³/mol. The molecule has 1 aromatic rings. The third-order valence-electron chi connectivity index (χ3n) is 2.36. The fourth-order valence-electron chi connectivity index (χ4n) is 1.26. The molecule has 0 fully saturated rings. The van der Waals surface area contributed by atoms with Crippen LogP contribution in [0.5, 0.6) is 0 Å². The number of aliphatic hydroxyl groups is 1. The van der Waals surface area contributed by atoms with Crippen LogP contribution in [0.2, 0.25) is 0 Å². The molecule has 88 valence electrons. The highest BCUT2D eigenvalue weighted by Crippen LogP contribution is 2.02. The van der Waals surface area contributed by atoms with Crippen molar-refractivity contribution in [2.75, 3.05) is 6.61 Å². The lowest BCUT2D eigenvalue weighted by Gasteiger charge is -2.19. The zero-order valence-electron chi connectivity index (χ0n) is 9.36. The Morgan fingerprint density at radius 1 is 1.56 bits per heavy atom. The molecule has 1 rings (SSSR count). The van der Waals surface area contributed by atoms with Gasteiger partial charge in [0.15, 0.2) is 0 Å². The summed E-state index contributed by atoms with van der Waals surface area (Å²) in [6.45, 7) is 3.69. The molecule has 1 aromatic heterocycles. The minimum Gasteiger partial charge on any atom is -0.394 e. The standard InChI is InChI=1S/C11H16N2O3/c1-7(2)9(6-14)13-11(16)8-3-4-12-10(15)5-8/h3-5,7,9,14H,6H2,1-2H3,(H,12,15)(H,13,16)/t9-/m1/s1. The first-order chi connectivity index (χ1) is 7.54. The Balaban J connectivity index is 2.75. The van der Waals surface area contributed by atoms with E-state index in [-0.39, 0.29) is 30.0 Å². The maximum Gasteiger partial charge on any atom is 0.251 e. The molecule has 0 aliphatic rings. The second-order valence-electron chi connectivity index (χ2n) is 3.95. The van der Waals surface area contributed by atoms with E-state index < -0.39 is 0 Å². The van der Waals surface area contributed by atoms with Gasteiger partial charge in [-0.15, -0.1) is 0 Å². The lowest BCUT2D eigenvalue weighted by Crippen LogP contribution is -2.41. The quantitative estimate of drug-likeness (QED) is 0.679. The molecule has 0 unspecified atom stereocenters. The Bertz CT molecular complexity index is 412. The van der Waals surface area contributed by atoms with Gasteiger partial charge in [0.2, 0.25) is 5.56 Å². The number of rotatable bonds is 4. The fraction of sp³-hybridized carbons (Fsp3) is 0.455. The third kappa shape index (κ3) is 3.20. The minimum absolute atomic E-state index is 0.118. The molecular weight excluding hydrogens is 208 g/mol. The van der Waals surface area contributed by atoms with Crippen LogP contribution in [0.1, 0.15) is 24.2 Å². The second-order valence-corrected chi connectivity index (χ2v) is 3.95. The van der Waals surface area contributed by atoms with Crippen molar-refractivity contribution in [1.82, 2.24) is 10.3 Å². The highest BCUT2D eigenvalue weighted by atomic mass is 16.3. The van der Waals surface area contributed by atoms with Gasteiger partial charge >= 0.3 is 0 Å². The maximum absolute atomic E-state index is 11.7. The Hall–Kier alpha value is -1.62. The monoisotopic (exact) mass is 224 g/mol. The normalized spacial score (nSPS) is 12.5. The van der Waals surface area contributed by atoms with Crippen LogP contribution in [-0.2, 0) is 0 Å². The van der Waals surface area contributed by atoms with Crippen LogP contribution in [0.25, 0.3) is 0 Å². The molecule has 0 aliphatic heterocycles. The van der Waals surface area contributed by atoms with Gasteiger partial charge in [0.05, 0.1) is 12.6 Å². The van der Waals surface area contributed by atoms with E-state index in [9.17, 15) is 9.59 Å². The second kappa shape index (κ2) is 5.46. The van der Waals surface area contributed by atoms with E-state index in [1.165, 1.54) is 18.3 Å². The molecule has 5 heteroatoms. The molecule has 0 aliphatic carbocycles. The fourth-order valence-corrected chi connectivity index (χ4v) is 1.26. The van der Waals surface area contributed by atoms with E-state index in [4.69, 9.17) is 5.11 Å². The van der Waals surface area contributed by atoms with Gasteiger partial charge in [-0.3, -0.25) is 9.59 Å². The number of hydrogen-bond donors (Lipinski definition) is 3. The molecule has 0 radical (unpaired) electrons. The molecule has 0 aromatic carbocycles. The molecule has 0 saturated heterocycles. The molecule has 0 bridgehead atoms. The van der Waals surface area contributed by atoms with Crippen molar-refractivity contribution in [2.24, 2.45) is 5.92 Å². The average Bonchev–Trinajstić information content (AvgIpc) is 2.25.